The van der Waals surface area contributed by atoms with Gasteiger partial charge in [0.05, 0.1) is 0 Å². The molecule has 0 amide bonds. The Morgan fingerprint density at radius 2 is 2.06 bits per heavy atom. The topological polar surface area (TPSA) is 29.0 Å². The lowest BCUT2D eigenvalue weighted by Gasteiger charge is -2.17. The van der Waals surface area contributed by atoms with Gasteiger partial charge in [-0.05, 0) is 23.8 Å². The van der Waals surface area contributed by atoms with Crippen molar-refractivity contribution in [1.29, 1.82) is 0 Å². The first-order valence-corrected chi connectivity index (χ1v) is 6.45. The fourth-order valence-electron chi connectivity index (χ4n) is 1.66. The van der Waals surface area contributed by atoms with Crippen LogP contribution in [0.1, 0.15) is 11.3 Å². The number of hydrogen-bond acceptors (Lipinski definition) is 3. The van der Waals surface area contributed by atoms with Crippen LogP contribution in [0, 0.1) is 0 Å². The molecular formula is C14H16ClN3. The molecule has 2 heterocycles. The second-order valence-corrected chi connectivity index (χ2v) is 4.42. The van der Waals surface area contributed by atoms with Crippen molar-refractivity contribution in [2.24, 2.45) is 0 Å². The van der Waals surface area contributed by atoms with E-state index >= 15 is 0 Å². The first-order valence-electron chi connectivity index (χ1n) is 5.91. The highest BCUT2D eigenvalue weighted by atomic mass is 35.5. The number of pyridine rings is 2. The molecule has 0 N–H and O–H groups in total. The van der Waals surface area contributed by atoms with Crippen molar-refractivity contribution in [2.45, 2.75) is 12.3 Å². The van der Waals surface area contributed by atoms with E-state index in [1.807, 2.05) is 49.8 Å². The molecule has 0 aliphatic rings. The molecule has 94 valence electrons. The first-order chi connectivity index (χ1) is 8.79. The summed E-state index contributed by atoms with van der Waals surface area (Å²) in [5.74, 6) is 1.46. The molecule has 0 spiro atoms. The van der Waals surface area contributed by atoms with Crippen LogP contribution in [-0.2, 0) is 12.3 Å². The van der Waals surface area contributed by atoms with Crippen LogP contribution in [0.3, 0.4) is 0 Å². The van der Waals surface area contributed by atoms with E-state index in [0.717, 1.165) is 30.0 Å². The van der Waals surface area contributed by atoms with Gasteiger partial charge in [0.25, 0.3) is 0 Å². The number of aromatic nitrogens is 2. The molecule has 0 aliphatic carbocycles. The zero-order valence-corrected chi connectivity index (χ0v) is 11.1. The third kappa shape index (κ3) is 3.44. The summed E-state index contributed by atoms with van der Waals surface area (Å²) >= 11 is 5.74. The second kappa shape index (κ2) is 6.36. The normalized spacial score (nSPS) is 10.3. The number of anilines is 1. The van der Waals surface area contributed by atoms with Crippen LogP contribution < -0.4 is 4.90 Å². The third-order valence-corrected chi connectivity index (χ3v) is 3.09. The molecular weight excluding hydrogens is 246 g/mol. The third-order valence-electron chi connectivity index (χ3n) is 2.78. The lowest BCUT2D eigenvalue weighted by Crippen LogP contribution is -2.21. The molecule has 2 aromatic heterocycles. The van der Waals surface area contributed by atoms with Gasteiger partial charge in [-0.3, -0.25) is 4.98 Å². The van der Waals surface area contributed by atoms with E-state index in [1.54, 1.807) is 0 Å². The van der Waals surface area contributed by atoms with Crippen molar-refractivity contribution in [1.82, 2.24) is 9.97 Å². The average molecular weight is 262 g/mol. The minimum atomic E-state index is 0.505. The number of alkyl halides is 1. The van der Waals surface area contributed by atoms with Crippen molar-refractivity contribution >= 4 is 17.4 Å². The summed E-state index contributed by atoms with van der Waals surface area (Å²) in [6.45, 7) is 0.893. The summed E-state index contributed by atoms with van der Waals surface area (Å²) in [7, 11) is 2.03. The maximum absolute atomic E-state index is 5.74. The molecule has 0 atom stereocenters. The van der Waals surface area contributed by atoms with Gasteiger partial charge in [-0.1, -0.05) is 12.1 Å². The molecule has 18 heavy (non-hydrogen) atoms. The van der Waals surface area contributed by atoms with Gasteiger partial charge in [0.1, 0.15) is 5.82 Å². The van der Waals surface area contributed by atoms with Gasteiger partial charge in [0, 0.05) is 44.0 Å². The summed E-state index contributed by atoms with van der Waals surface area (Å²) in [6, 6.07) is 9.98. The minimum Gasteiger partial charge on any atom is -0.359 e. The molecule has 0 radical (unpaired) electrons. The van der Waals surface area contributed by atoms with Crippen LogP contribution in [0.5, 0.6) is 0 Å². The van der Waals surface area contributed by atoms with Crippen molar-refractivity contribution in [3.05, 3.63) is 54.0 Å². The number of nitrogens with zero attached hydrogens (tertiary/aromatic N) is 3. The van der Waals surface area contributed by atoms with Crippen molar-refractivity contribution < 1.29 is 0 Å². The van der Waals surface area contributed by atoms with Gasteiger partial charge in [-0.15, -0.1) is 11.6 Å². The highest BCUT2D eigenvalue weighted by Gasteiger charge is 2.03. The van der Waals surface area contributed by atoms with Crippen molar-refractivity contribution in [2.75, 3.05) is 18.5 Å². The summed E-state index contributed by atoms with van der Waals surface area (Å²) in [5, 5.41) is 0. The summed E-state index contributed by atoms with van der Waals surface area (Å²) in [5.41, 5.74) is 2.14. The second-order valence-electron chi connectivity index (χ2n) is 4.15. The van der Waals surface area contributed by atoms with Gasteiger partial charge in [-0.25, -0.2) is 4.98 Å². The minimum absolute atomic E-state index is 0.505. The number of rotatable bonds is 5. The predicted molar refractivity (Wildman–Crippen MR) is 75.0 cm³/mol. The van der Waals surface area contributed by atoms with E-state index in [0.29, 0.717) is 5.88 Å². The number of likely N-dealkylation sites (N-methyl/N-ethyl adjacent to an activating group) is 1. The zero-order valence-electron chi connectivity index (χ0n) is 10.4. The Hall–Kier alpha value is -1.61. The van der Waals surface area contributed by atoms with E-state index in [9.17, 15) is 0 Å². The average Bonchev–Trinajstić information content (AvgIpc) is 2.46. The van der Waals surface area contributed by atoms with Gasteiger partial charge in [-0.2, -0.15) is 0 Å². The van der Waals surface area contributed by atoms with Crippen molar-refractivity contribution in [3.8, 4) is 0 Å². The standard InChI is InChI=1S/C14H16ClN3/c1-18(9-7-13-4-2-3-8-16-13)14-6-5-12(10-15)11-17-14/h2-6,8,11H,7,9-10H2,1H3. The fraction of sp³-hybridized carbons (Fsp3) is 0.286. The van der Waals surface area contributed by atoms with E-state index < -0.39 is 0 Å². The van der Waals surface area contributed by atoms with Gasteiger partial charge >= 0.3 is 0 Å². The van der Waals surface area contributed by atoms with Crippen LogP contribution in [-0.4, -0.2) is 23.6 Å². The molecule has 0 fully saturated rings. The van der Waals surface area contributed by atoms with Crippen LogP contribution in [0.2, 0.25) is 0 Å². The van der Waals surface area contributed by atoms with Crippen molar-refractivity contribution in [3.63, 3.8) is 0 Å². The lowest BCUT2D eigenvalue weighted by molar-refractivity contribution is 0.838. The molecule has 0 saturated heterocycles. The van der Waals surface area contributed by atoms with Crippen LogP contribution in [0.25, 0.3) is 0 Å². The quantitative estimate of drug-likeness (QED) is 0.775. The Morgan fingerprint density at radius 1 is 1.17 bits per heavy atom. The lowest BCUT2D eigenvalue weighted by atomic mass is 10.2. The Morgan fingerprint density at radius 3 is 2.67 bits per heavy atom. The molecule has 2 rings (SSSR count). The summed E-state index contributed by atoms with van der Waals surface area (Å²) < 4.78 is 0. The maximum Gasteiger partial charge on any atom is 0.128 e. The molecule has 3 nitrogen and oxygen atoms in total. The molecule has 4 heteroatoms. The SMILES string of the molecule is CN(CCc1ccccn1)c1ccc(CCl)cn1. The smallest absolute Gasteiger partial charge is 0.128 e. The molecule has 0 aliphatic heterocycles. The summed E-state index contributed by atoms with van der Waals surface area (Å²) in [6.07, 6.45) is 4.55. The van der Waals surface area contributed by atoms with Gasteiger partial charge in [0.2, 0.25) is 0 Å². The molecule has 0 unspecified atom stereocenters. The highest BCUT2D eigenvalue weighted by Crippen LogP contribution is 2.11. The Labute approximate surface area is 112 Å². The van der Waals surface area contributed by atoms with E-state index in [2.05, 4.69) is 14.9 Å². The molecule has 0 saturated carbocycles. The molecule has 2 aromatic rings. The Bertz CT molecular complexity index is 470. The maximum atomic E-state index is 5.74. The summed E-state index contributed by atoms with van der Waals surface area (Å²) in [4.78, 5) is 10.8. The zero-order chi connectivity index (χ0) is 12.8. The number of hydrogen-bond donors (Lipinski definition) is 0. The fourth-order valence-corrected chi connectivity index (χ4v) is 1.82. The van der Waals surface area contributed by atoms with Crippen LogP contribution in [0.15, 0.2) is 42.7 Å². The van der Waals surface area contributed by atoms with Gasteiger partial charge < -0.3 is 4.90 Å². The predicted octanol–water partition coefficient (Wildman–Crippen LogP) is 2.89. The van der Waals surface area contributed by atoms with E-state index in [4.69, 9.17) is 11.6 Å². The molecule has 0 bridgehead atoms. The number of halogens is 1. The first kappa shape index (κ1) is 12.8. The Balaban J connectivity index is 1.93. The van der Waals surface area contributed by atoms with E-state index in [1.165, 1.54) is 0 Å². The Kier molecular flexibility index (Phi) is 4.53. The van der Waals surface area contributed by atoms with Crippen LogP contribution >= 0.6 is 11.6 Å². The molecule has 0 aromatic carbocycles. The highest BCUT2D eigenvalue weighted by molar-refractivity contribution is 6.17. The monoisotopic (exact) mass is 261 g/mol. The van der Waals surface area contributed by atoms with E-state index in [-0.39, 0.29) is 0 Å². The van der Waals surface area contributed by atoms with Crippen LogP contribution in [0.4, 0.5) is 5.82 Å². The largest absolute Gasteiger partial charge is 0.359 e. The van der Waals surface area contributed by atoms with Gasteiger partial charge in [0.15, 0.2) is 0 Å².